The highest BCUT2D eigenvalue weighted by atomic mass is 32.1. The SMILES string of the molecule is CN(C)c1ccnc(C(=O)N2CCC[C@H]2C[C@H](O)c2cccs2)c1. The number of anilines is 1. The van der Waals surface area contributed by atoms with Gasteiger partial charge in [0.05, 0.1) is 6.10 Å². The largest absolute Gasteiger partial charge is 0.387 e. The van der Waals surface area contributed by atoms with Gasteiger partial charge in [-0.1, -0.05) is 6.07 Å². The molecule has 1 saturated heterocycles. The molecule has 3 heterocycles. The van der Waals surface area contributed by atoms with E-state index in [0.29, 0.717) is 12.1 Å². The third kappa shape index (κ3) is 3.60. The van der Waals surface area contributed by atoms with Crippen molar-refractivity contribution < 1.29 is 9.90 Å². The Morgan fingerprint density at radius 1 is 1.50 bits per heavy atom. The van der Waals surface area contributed by atoms with Gasteiger partial charge in [0.15, 0.2) is 0 Å². The van der Waals surface area contributed by atoms with Gasteiger partial charge < -0.3 is 14.9 Å². The number of aliphatic hydroxyl groups excluding tert-OH is 1. The van der Waals surface area contributed by atoms with Crippen LogP contribution in [0.4, 0.5) is 5.69 Å². The number of carbonyl (C=O) groups excluding carboxylic acids is 1. The summed E-state index contributed by atoms with van der Waals surface area (Å²) in [7, 11) is 3.89. The molecule has 0 radical (unpaired) electrons. The van der Waals surface area contributed by atoms with Crippen molar-refractivity contribution in [3.8, 4) is 0 Å². The average molecular weight is 345 g/mol. The third-order valence-electron chi connectivity index (χ3n) is 4.48. The maximum absolute atomic E-state index is 12.9. The molecule has 128 valence electrons. The molecule has 2 aromatic heterocycles. The number of aliphatic hydroxyl groups is 1. The minimum absolute atomic E-state index is 0.0421. The minimum Gasteiger partial charge on any atom is -0.387 e. The van der Waals surface area contributed by atoms with Crippen molar-refractivity contribution in [3.05, 3.63) is 46.4 Å². The fraction of sp³-hybridized carbons (Fsp3) is 0.444. The first kappa shape index (κ1) is 16.9. The van der Waals surface area contributed by atoms with Crippen molar-refractivity contribution in [1.29, 1.82) is 0 Å². The highest BCUT2D eigenvalue weighted by molar-refractivity contribution is 7.10. The molecule has 2 aromatic rings. The second kappa shape index (κ2) is 7.32. The number of aromatic nitrogens is 1. The van der Waals surface area contributed by atoms with Crippen molar-refractivity contribution in [3.63, 3.8) is 0 Å². The predicted octanol–water partition coefficient (Wildman–Crippen LogP) is 2.94. The van der Waals surface area contributed by atoms with E-state index < -0.39 is 6.10 Å². The van der Waals surface area contributed by atoms with E-state index in [0.717, 1.165) is 30.0 Å². The maximum Gasteiger partial charge on any atom is 0.272 e. The van der Waals surface area contributed by atoms with Crippen molar-refractivity contribution in [1.82, 2.24) is 9.88 Å². The van der Waals surface area contributed by atoms with Crippen molar-refractivity contribution in [2.75, 3.05) is 25.5 Å². The zero-order chi connectivity index (χ0) is 17.1. The van der Waals surface area contributed by atoms with Crippen LogP contribution < -0.4 is 4.90 Å². The first-order valence-electron chi connectivity index (χ1n) is 8.22. The van der Waals surface area contributed by atoms with Crippen LogP contribution in [0, 0.1) is 0 Å². The number of rotatable bonds is 5. The van der Waals surface area contributed by atoms with Gasteiger partial charge in [-0.25, -0.2) is 0 Å². The number of pyridine rings is 1. The van der Waals surface area contributed by atoms with Gasteiger partial charge in [0.1, 0.15) is 5.69 Å². The molecule has 0 unspecified atom stereocenters. The summed E-state index contributed by atoms with van der Waals surface area (Å²) in [6.07, 6.45) is 3.65. The van der Waals surface area contributed by atoms with E-state index in [1.165, 1.54) is 0 Å². The molecule has 24 heavy (non-hydrogen) atoms. The second-order valence-electron chi connectivity index (χ2n) is 6.36. The Labute approximate surface area is 146 Å². The van der Waals surface area contributed by atoms with Crippen LogP contribution in [-0.4, -0.2) is 47.6 Å². The van der Waals surface area contributed by atoms with E-state index in [2.05, 4.69) is 4.98 Å². The maximum atomic E-state index is 12.9. The number of hydrogen-bond acceptors (Lipinski definition) is 5. The van der Waals surface area contributed by atoms with Gasteiger partial charge in [0, 0.05) is 43.4 Å². The van der Waals surface area contributed by atoms with E-state index in [4.69, 9.17) is 0 Å². The zero-order valence-corrected chi connectivity index (χ0v) is 14.9. The lowest BCUT2D eigenvalue weighted by Crippen LogP contribution is -2.37. The molecule has 3 rings (SSSR count). The van der Waals surface area contributed by atoms with Crippen molar-refractivity contribution in [2.45, 2.75) is 31.4 Å². The Morgan fingerprint density at radius 3 is 3.04 bits per heavy atom. The first-order valence-corrected chi connectivity index (χ1v) is 9.10. The second-order valence-corrected chi connectivity index (χ2v) is 7.33. The van der Waals surface area contributed by atoms with Crippen LogP contribution in [0.2, 0.25) is 0 Å². The summed E-state index contributed by atoms with van der Waals surface area (Å²) in [6.45, 7) is 0.731. The van der Waals surface area contributed by atoms with E-state index in [-0.39, 0.29) is 11.9 Å². The van der Waals surface area contributed by atoms with Gasteiger partial charge in [-0.2, -0.15) is 0 Å². The van der Waals surface area contributed by atoms with Crippen LogP contribution in [0.25, 0.3) is 0 Å². The number of carbonyl (C=O) groups is 1. The number of likely N-dealkylation sites (tertiary alicyclic amines) is 1. The monoisotopic (exact) mass is 345 g/mol. The molecule has 0 bridgehead atoms. The van der Waals surface area contributed by atoms with Gasteiger partial charge in [0.25, 0.3) is 5.91 Å². The lowest BCUT2D eigenvalue weighted by molar-refractivity contribution is 0.0664. The molecule has 1 amide bonds. The third-order valence-corrected chi connectivity index (χ3v) is 5.46. The molecule has 1 aliphatic rings. The average Bonchev–Trinajstić information content (AvgIpc) is 3.26. The predicted molar refractivity (Wildman–Crippen MR) is 96.5 cm³/mol. The molecule has 0 spiro atoms. The van der Waals surface area contributed by atoms with Crippen molar-refractivity contribution in [2.24, 2.45) is 0 Å². The lowest BCUT2D eigenvalue weighted by atomic mass is 10.1. The van der Waals surface area contributed by atoms with E-state index in [9.17, 15) is 9.90 Å². The van der Waals surface area contributed by atoms with Gasteiger partial charge in [-0.3, -0.25) is 9.78 Å². The summed E-state index contributed by atoms with van der Waals surface area (Å²) in [4.78, 5) is 21.9. The van der Waals surface area contributed by atoms with Crippen LogP contribution in [0.3, 0.4) is 0 Å². The molecule has 6 heteroatoms. The summed E-state index contributed by atoms with van der Waals surface area (Å²) in [5.41, 5.74) is 1.43. The van der Waals surface area contributed by atoms with Crippen LogP contribution >= 0.6 is 11.3 Å². The molecule has 5 nitrogen and oxygen atoms in total. The normalized spacial score (nSPS) is 18.6. The van der Waals surface area contributed by atoms with Crippen LogP contribution in [0.5, 0.6) is 0 Å². The minimum atomic E-state index is -0.510. The topological polar surface area (TPSA) is 56.7 Å². The Hall–Kier alpha value is -1.92. The summed E-state index contributed by atoms with van der Waals surface area (Å²) in [5, 5.41) is 12.4. The Morgan fingerprint density at radius 2 is 2.33 bits per heavy atom. The van der Waals surface area contributed by atoms with Gasteiger partial charge in [-0.05, 0) is 42.8 Å². The van der Waals surface area contributed by atoms with Gasteiger partial charge in [0.2, 0.25) is 0 Å². The Bertz CT molecular complexity index is 687. The molecule has 0 aromatic carbocycles. The van der Waals surface area contributed by atoms with Gasteiger partial charge in [-0.15, -0.1) is 11.3 Å². The Kier molecular flexibility index (Phi) is 5.16. The van der Waals surface area contributed by atoms with Crippen molar-refractivity contribution >= 4 is 22.9 Å². The Balaban J connectivity index is 1.73. The van der Waals surface area contributed by atoms with Crippen LogP contribution in [0.15, 0.2) is 35.8 Å². The fourth-order valence-electron chi connectivity index (χ4n) is 3.16. The molecule has 1 fully saturated rings. The smallest absolute Gasteiger partial charge is 0.272 e. The molecule has 0 aliphatic carbocycles. The summed E-state index contributed by atoms with van der Waals surface area (Å²) in [6, 6.07) is 7.67. The molecule has 1 N–H and O–H groups in total. The number of hydrogen-bond donors (Lipinski definition) is 1. The first-order chi connectivity index (χ1) is 11.6. The van der Waals surface area contributed by atoms with Gasteiger partial charge >= 0.3 is 0 Å². The zero-order valence-electron chi connectivity index (χ0n) is 14.1. The van der Waals surface area contributed by atoms with E-state index in [1.807, 2.05) is 53.5 Å². The highest BCUT2D eigenvalue weighted by Gasteiger charge is 2.32. The highest BCUT2D eigenvalue weighted by Crippen LogP contribution is 2.30. The summed E-state index contributed by atoms with van der Waals surface area (Å²) in [5.74, 6) is -0.0421. The molecule has 2 atom stereocenters. The number of nitrogens with zero attached hydrogens (tertiary/aromatic N) is 3. The molecule has 0 saturated carbocycles. The summed E-state index contributed by atoms with van der Waals surface area (Å²) >= 11 is 1.55. The molecule has 1 aliphatic heterocycles. The van der Waals surface area contributed by atoms with E-state index in [1.54, 1.807) is 17.5 Å². The number of amides is 1. The number of thiophene rings is 1. The van der Waals surface area contributed by atoms with E-state index >= 15 is 0 Å². The quantitative estimate of drug-likeness (QED) is 0.905. The summed E-state index contributed by atoms with van der Waals surface area (Å²) < 4.78 is 0. The lowest BCUT2D eigenvalue weighted by Gasteiger charge is -2.26. The molecular formula is C18H23N3O2S. The standard InChI is InChI=1S/C18H23N3O2S/c1-20(2)13-7-8-19-15(11-13)18(23)21-9-3-5-14(21)12-16(22)17-6-4-10-24-17/h4,6-8,10-11,14,16,22H,3,5,9,12H2,1-2H3/t14-,16-/m0/s1. The molecular weight excluding hydrogens is 322 g/mol. The van der Waals surface area contributed by atoms with Crippen LogP contribution in [0.1, 0.15) is 40.7 Å². The fourth-order valence-corrected chi connectivity index (χ4v) is 3.89. The van der Waals surface area contributed by atoms with Crippen LogP contribution in [-0.2, 0) is 0 Å².